The summed E-state index contributed by atoms with van der Waals surface area (Å²) in [6.45, 7) is -0.504. The number of methoxy groups -OCH3 is 1. The number of amides is 3. The zero-order valence-electron chi connectivity index (χ0n) is 26.8. The highest BCUT2D eigenvalue weighted by molar-refractivity contribution is 7.91. The number of carbonyl (C=O) groups excluding carboxylic acids is 4. The highest BCUT2D eigenvalue weighted by atomic mass is 32.2. The molecule has 2 aromatic carbocycles. The first-order valence-corrected chi connectivity index (χ1v) is 16.2. The Labute approximate surface area is 280 Å². The molecule has 0 unspecified atom stereocenters. The SMILES string of the molecule is COC(=O)c1cc(NC(=O)c2nc(NC(=O)c3cc(NC(=O)c4cc5ccccc5cc4S(=O)(=O)CC#CCO)cn3C)cn2C)cn1C. The van der Waals surface area contributed by atoms with Crippen molar-refractivity contribution in [1.29, 1.82) is 0 Å². The van der Waals surface area contributed by atoms with Gasteiger partial charge in [-0.3, -0.25) is 14.4 Å². The smallest absolute Gasteiger partial charge is 0.354 e. The van der Waals surface area contributed by atoms with Crippen molar-refractivity contribution >= 4 is 61.5 Å². The van der Waals surface area contributed by atoms with Crippen LogP contribution in [0.15, 0.2) is 72.0 Å². The molecule has 0 bridgehead atoms. The van der Waals surface area contributed by atoms with Gasteiger partial charge in [-0.1, -0.05) is 36.1 Å². The number of aromatic nitrogens is 4. The van der Waals surface area contributed by atoms with Crippen LogP contribution in [0.4, 0.5) is 17.2 Å². The molecule has 0 atom stereocenters. The van der Waals surface area contributed by atoms with E-state index in [-0.39, 0.29) is 39.2 Å². The number of aryl methyl sites for hydroxylation is 3. The highest BCUT2D eigenvalue weighted by Crippen LogP contribution is 2.26. The molecule has 16 heteroatoms. The zero-order chi connectivity index (χ0) is 35.5. The minimum absolute atomic E-state index is 0.0258. The number of ether oxygens (including phenoxy) is 1. The summed E-state index contributed by atoms with van der Waals surface area (Å²) in [6, 6.07) is 12.7. The number of hydrogen-bond acceptors (Lipinski definition) is 9. The molecule has 252 valence electrons. The van der Waals surface area contributed by atoms with Gasteiger partial charge in [0.1, 0.15) is 23.7 Å². The third-order valence-corrected chi connectivity index (χ3v) is 8.90. The van der Waals surface area contributed by atoms with Crippen LogP contribution in [0.5, 0.6) is 0 Å². The quantitative estimate of drug-likeness (QED) is 0.133. The van der Waals surface area contributed by atoms with Crippen molar-refractivity contribution in [1.82, 2.24) is 18.7 Å². The van der Waals surface area contributed by atoms with E-state index < -0.39 is 45.9 Å². The average molecular weight is 686 g/mol. The fraction of sp³-hybridized carbons (Fsp3) is 0.182. The van der Waals surface area contributed by atoms with Crippen LogP contribution in [0.1, 0.15) is 42.0 Å². The van der Waals surface area contributed by atoms with Gasteiger partial charge in [-0.25, -0.2) is 18.2 Å². The number of carbonyl (C=O) groups is 4. The predicted octanol–water partition coefficient (Wildman–Crippen LogP) is 2.56. The molecular weight excluding hydrogens is 654 g/mol. The van der Waals surface area contributed by atoms with Crippen LogP contribution < -0.4 is 16.0 Å². The molecular formula is C33H31N7O8S. The monoisotopic (exact) mass is 685 g/mol. The fourth-order valence-corrected chi connectivity index (χ4v) is 6.28. The van der Waals surface area contributed by atoms with Crippen molar-refractivity contribution in [3.05, 3.63) is 89.9 Å². The van der Waals surface area contributed by atoms with E-state index in [0.717, 1.165) is 0 Å². The topological polar surface area (TPSA) is 196 Å². The van der Waals surface area contributed by atoms with Crippen LogP contribution in [-0.4, -0.2) is 75.4 Å². The number of nitrogens with one attached hydrogen (secondary N) is 3. The number of esters is 1. The molecule has 5 aromatic rings. The van der Waals surface area contributed by atoms with Gasteiger partial charge in [0.05, 0.1) is 28.9 Å². The molecule has 3 amide bonds. The summed E-state index contributed by atoms with van der Waals surface area (Å²) in [6.07, 6.45) is 4.46. The van der Waals surface area contributed by atoms with Gasteiger partial charge in [-0.15, -0.1) is 0 Å². The summed E-state index contributed by atoms with van der Waals surface area (Å²) in [5.41, 5.74) is 0.789. The molecule has 0 aliphatic heterocycles. The predicted molar refractivity (Wildman–Crippen MR) is 180 cm³/mol. The Hall–Kier alpha value is -6.18. The van der Waals surface area contributed by atoms with Gasteiger partial charge < -0.3 is 39.5 Å². The minimum Gasteiger partial charge on any atom is -0.464 e. The number of hydrogen-bond donors (Lipinski definition) is 4. The maximum atomic E-state index is 13.5. The number of fused-ring (bicyclic) bond motifs is 1. The molecule has 4 N–H and O–H groups in total. The van der Waals surface area contributed by atoms with Crippen LogP contribution in [0, 0.1) is 11.8 Å². The van der Waals surface area contributed by atoms with Crippen molar-refractivity contribution in [2.45, 2.75) is 4.90 Å². The van der Waals surface area contributed by atoms with Crippen LogP contribution in [0.25, 0.3) is 10.8 Å². The largest absolute Gasteiger partial charge is 0.464 e. The molecule has 15 nitrogen and oxygen atoms in total. The molecule has 49 heavy (non-hydrogen) atoms. The van der Waals surface area contributed by atoms with Crippen LogP contribution in [0.3, 0.4) is 0 Å². The third-order valence-electron chi connectivity index (χ3n) is 7.37. The first-order valence-electron chi connectivity index (χ1n) is 14.5. The van der Waals surface area contributed by atoms with E-state index in [0.29, 0.717) is 16.5 Å². The van der Waals surface area contributed by atoms with E-state index >= 15 is 0 Å². The number of aliphatic hydroxyl groups excluding tert-OH is 1. The maximum Gasteiger partial charge on any atom is 0.354 e. The Kier molecular flexibility index (Phi) is 9.69. The van der Waals surface area contributed by atoms with Crippen molar-refractivity contribution in [2.24, 2.45) is 21.1 Å². The lowest BCUT2D eigenvalue weighted by atomic mass is 10.1. The van der Waals surface area contributed by atoms with E-state index in [9.17, 15) is 27.6 Å². The second kappa shape index (κ2) is 13.9. The van der Waals surface area contributed by atoms with Gasteiger partial charge in [0.15, 0.2) is 15.7 Å². The lowest BCUT2D eigenvalue weighted by molar-refractivity contribution is 0.0589. The lowest BCUT2D eigenvalue weighted by Gasteiger charge is -2.11. The Morgan fingerprint density at radius 3 is 2.06 bits per heavy atom. The molecule has 0 aliphatic rings. The fourth-order valence-electron chi connectivity index (χ4n) is 5.04. The number of aliphatic hydroxyl groups is 1. The molecule has 0 spiro atoms. The normalized spacial score (nSPS) is 11.0. The van der Waals surface area contributed by atoms with Gasteiger partial charge in [0.25, 0.3) is 17.7 Å². The molecule has 0 radical (unpaired) electrons. The van der Waals surface area contributed by atoms with Crippen molar-refractivity contribution in [3.8, 4) is 11.8 Å². The first kappa shape index (κ1) is 34.2. The van der Waals surface area contributed by atoms with E-state index in [1.54, 1.807) is 45.4 Å². The van der Waals surface area contributed by atoms with Gasteiger partial charge in [0.2, 0.25) is 5.82 Å². The summed E-state index contributed by atoms with van der Waals surface area (Å²) >= 11 is 0. The van der Waals surface area contributed by atoms with Crippen LogP contribution >= 0.6 is 0 Å². The van der Waals surface area contributed by atoms with Crippen molar-refractivity contribution in [3.63, 3.8) is 0 Å². The first-order chi connectivity index (χ1) is 23.3. The lowest BCUT2D eigenvalue weighted by Crippen LogP contribution is -2.18. The Balaban J connectivity index is 1.33. The molecule has 0 aliphatic carbocycles. The number of benzene rings is 2. The number of sulfone groups is 1. The summed E-state index contributed by atoms with van der Waals surface area (Å²) in [4.78, 5) is 55.5. The molecule has 3 heterocycles. The summed E-state index contributed by atoms with van der Waals surface area (Å²) in [5.74, 6) is 1.67. The second-order valence-corrected chi connectivity index (χ2v) is 12.8. The van der Waals surface area contributed by atoms with Crippen LogP contribution in [0.2, 0.25) is 0 Å². The maximum absolute atomic E-state index is 13.5. The average Bonchev–Trinajstić information content (AvgIpc) is 3.74. The molecule has 5 rings (SSSR count). The van der Waals surface area contributed by atoms with Crippen molar-refractivity contribution in [2.75, 3.05) is 35.4 Å². The second-order valence-electron chi connectivity index (χ2n) is 10.8. The molecule has 3 aromatic heterocycles. The van der Waals surface area contributed by atoms with E-state index in [2.05, 4.69) is 32.8 Å². The zero-order valence-corrected chi connectivity index (χ0v) is 27.6. The molecule has 0 fully saturated rings. The number of nitrogens with zero attached hydrogens (tertiary/aromatic N) is 4. The number of imidazole rings is 1. The molecule has 0 saturated heterocycles. The Bertz CT molecular complexity index is 2310. The number of rotatable bonds is 9. The minimum atomic E-state index is -4.05. The van der Waals surface area contributed by atoms with E-state index in [4.69, 9.17) is 9.84 Å². The summed E-state index contributed by atoms with van der Waals surface area (Å²) in [7, 11) is 1.98. The van der Waals surface area contributed by atoms with Gasteiger partial charge >= 0.3 is 5.97 Å². The molecule has 0 saturated carbocycles. The summed E-state index contributed by atoms with van der Waals surface area (Å²) in [5, 5.41) is 18.1. The standard InChI is InChI=1S/C33H31N7O8S/c1-38-17-22(34-30(42)24-13-20-9-5-6-10-21(20)14-27(24)49(46,47)12-8-7-11-41)15-25(38)31(43)37-28-19-40(3)29(36-28)32(44)35-23-16-26(33(45)48-4)39(2)18-23/h5-6,9-10,13-19,41H,11-12H2,1-4H3,(H,34,42)(H,35,44)(H,37,43). The van der Waals surface area contributed by atoms with Gasteiger partial charge in [-0.05, 0) is 35.0 Å². The van der Waals surface area contributed by atoms with Gasteiger partial charge in [0, 0.05) is 39.7 Å². The third kappa shape index (κ3) is 7.38. The number of anilines is 3. The van der Waals surface area contributed by atoms with E-state index in [1.165, 1.54) is 63.7 Å². The Morgan fingerprint density at radius 2 is 1.41 bits per heavy atom. The van der Waals surface area contributed by atoms with E-state index in [1.807, 2.05) is 0 Å². The van der Waals surface area contributed by atoms with Crippen molar-refractivity contribution < 1.29 is 37.4 Å². The highest BCUT2D eigenvalue weighted by Gasteiger charge is 2.25. The summed E-state index contributed by atoms with van der Waals surface area (Å²) < 4.78 is 35.5. The van der Waals surface area contributed by atoms with Crippen LogP contribution in [-0.2, 0) is 35.7 Å². The Morgan fingerprint density at radius 1 is 0.796 bits per heavy atom. The van der Waals surface area contributed by atoms with Gasteiger partial charge in [-0.2, -0.15) is 0 Å².